The molecule has 1 aromatic heterocycles. The Labute approximate surface area is 178 Å². The van der Waals surface area contributed by atoms with Gasteiger partial charge in [0, 0.05) is 49.9 Å². The molecule has 158 valence electrons. The van der Waals surface area contributed by atoms with Crippen LogP contribution >= 0.6 is 0 Å². The van der Waals surface area contributed by atoms with E-state index in [1.165, 1.54) is 18.4 Å². The number of anilines is 2. The van der Waals surface area contributed by atoms with Crippen molar-refractivity contribution in [2.24, 2.45) is 0 Å². The van der Waals surface area contributed by atoms with Gasteiger partial charge >= 0.3 is 0 Å². The SMILES string of the molecule is CC(=O)N1CC2(CCN(C3CCN(c4cncc(C)n4)CC3)CC2)c2ccccc21. The van der Waals surface area contributed by atoms with Crippen LogP contribution in [0.15, 0.2) is 36.7 Å². The summed E-state index contributed by atoms with van der Waals surface area (Å²) in [5, 5.41) is 0. The summed E-state index contributed by atoms with van der Waals surface area (Å²) in [4.78, 5) is 28.2. The van der Waals surface area contributed by atoms with E-state index in [2.05, 4.69) is 44.0 Å². The third kappa shape index (κ3) is 3.37. The Morgan fingerprint density at radius 3 is 2.50 bits per heavy atom. The lowest BCUT2D eigenvalue weighted by Gasteiger charge is -2.45. The number of rotatable bonds is 2. The molecule has 1 spiro atoms. The third-order valence-electron chi connectivity index (χ3n) is 7.41. The van der Waals surface area contributed by atoms with Crippen LogP contribution in [0.2, 0.25) is 0 Å². The topological polar surface area (TPSA) is 52.6 Å². The van der Waals surface area contributed by atoms with E-state index in [1.807, 2.05) is 24.2 Å². The van der Waals surface area contributed by atoms with Crippen molar-refractivity contribution in [1.82, 2.24) is 14.9 Å². The van der Waals surface area contributed by atoms with Crippen LogP contribution in [0.5, 0.6) is 0 Å². The summed E-state index contributed by atoms with van der Waals surface area (Å²) in [6, 6.07) is 9.18. The molecule has 2 saturated heterocycles. The first kappa shape index (κ1) is 19.5. The number of benzene rings is 1. The first-order valence-electron chi connectivity index (χ1n) is 11.2. The maximum Gasteiger partial charge on any atom is 0.223 e. The molecule has 0 bridgehead atoms. The molecule has 0 N–H and O–H groups in total. The second-order valence-corrected chi connectivity index (χ2v) is 9.18. The van der Waals surface area contributed by atoms with Crippen LogP contribution in [0.1, 0.15) is 43.9 Å². The molecule has 1 aromatic carbocycles. The summed E-state index contributed by atoms with van der Waals surface area (Å²) in [6.07, 6.45) is 8.33. The second kappa shape index (κ2) is 7.65. The van der Waals surface area contributed by atoms with Gasteiger partial charge in [-0.05, 0) is 57.3 Å². The van der Waals surface area contributed by atoms with Gasteiger partial charge in [0.2, 0.25) is 5.91 Å². The number of para-hydroxylation sites is 1. The highest BCUT2D eigenvalue weighted by Crippen LogP contribution is 2.47. The fourth-order valence-electron chi connectivity index (χ4n) is 5.72. The largest absolute Gasteiger partial charge is 0.355 e. The number of aryl methyl sites for hydroxylation is 1. The Hall–Kier alpha value is -2.47. The predicted octanol–water partition coefficient (Wildman–Crippen LogP) is 3.15. The number of likely N-dealkylation sites (tertiary alicyclic amines) is 1. The van der Waals surface area contributed by atoms with Crippen molar-refractivity contribution in [1.29, 1.82) is 0 Å². The number of carbonyl (C=O) groups is 1. The number of piperidine rings is 2. The van der Waals surface area contributed by atoms with Crippen LogP contribution in [0.3, 0.4) is 0 Å². The van der Waals surface area contributed by atoms with Crippen molar-refractivity contribution in [3.8, 4) is 0 Å². The van der Waals surface area contributed by atoms with E-state index >= 15 is 0 Å². The molecule has 4 heterocycles. The van der Waals surface area contributed by atoms with Crippen molar-refractivity contribution in [3.63, 3.8) is 0 Å². The quantitative estimate of drug-likeness (QED) is 0.768. The van der Waals surface area contributed by atoms with E-state index in [0.29, 0.717) is 6.04 Å². The van der Waals surface area contributed by atoms with Gasteiger partial charge in [0.25, 0.3) is 0 Å². The van der Waals surface area contributed by atoms with E-state index in [9.17, 15) is 4.79 Å². The molecule has 3 aliphatic heterocycles. The van der Waals surface area contributed by atoms with E-state index in [0.717, 1.165) is 62.8 Å². The van der Waals surface area contributed by atoms with Crippen molar-refractivity contribution < 1.29 is 4.79 Å². The third-order valence-corrected chi connectivity index (χ3v) is 7.41. The fraction of sp³-hybridized carbons (Fsp3) is 0.542. The molecule has 6 heteroatoms. The van der Waals surface area contributed by atoms with Crippen LogP contribution in [-0.2, 0) is 10.2 Å². The van der Waals surface area contributed by atoms with Gasteiger partial charge in [-0.15, -0.1) is 0 Å². The number of hydrogen-bond acceptors (Lipinski definition) is 5. The van der Waals surface area contributed by atoms with Crippen LogP contribution in [0.25, 0.3) is 0 Å². The molecule has 2 fully saturated rings. The lowest BCUT2D eigenvalue weighted by atomic mass is 9.74. The Bertz CT molecular complexity index is 929. The van der Waals surface area contributed by atoms with Crippen molar-refractivity contribution in [2.75, 3.05) is 42.5 Å². The minimum atomic E-state index is 0.136. The molecule has 30 heavy (non-hydrogen) atoms. The highest BCUT2D eigenvalue weighted by atomic mass is 16.2. The van der Waals surface area contributed by atoms with Crippen molar-refractivity contribution in [2.45, 2.75) is 51.0 Å². The zero-order valence-corrected chi connectivity index (χ0v) is 18.0. The van der Waals surface area contributed by atoms with Crippen molar-refractivity contribution in [3.05, 3.63) is 47.9 Å². The summed E-state index contributed by atoms with van der Waals surface area (Å²) in [5.41, 5.74) is 3.63. The summed E-state index contributed by atoms with van der Waals surface area (Å²) < 4.78 is 0. The average Bonchev–Trinajstić information content (AvgIpc) is 3.09. The van der Waals surface area contributed by atoms with Crippen LogP contribution in [0.4, 0.5) is 11.5 Å². The monoisotopic (exact) mass is 405 g/mol. The molecular formula is C24H31N5O. The number of fused-ring (bicyclic) bond motifs is 2. The Morgan fingerprint density at radius 1 is 1.07 bits per heavy atom. The zero-order chi connectivity index (χ0) is 20.7. The molecule has 0 atom stereocenters. The lowest BCUT2D eigenvalue weighted by molar-refractivity contribution is -0.116. The number of hydrogen-bond donors (Lipinski definition) is 0. The lowest BCUT2D eigenvalue weighted by Crippen LogP contribution is -2.52. The molecule has 5 rings (SSSR count). The molecule has 0 unspecified atom stereocenters. The number of carbonyl (C=O) groups excluding carboxylic acids is 1. The van der Waals surface area contributed by atoms with Gasteiger partial charge in [-0.25, -0.2) is 4.98 Å². The van der Waals surface area contributed by atoms with Crippen LogP contribution in [0, 0.1) is 6.92 Å². The van der Waals surface area contributed by atoms with Gasteiger partial charge in [-0.2, -0.15) is 0 Å². The van der Waals surface area contributed by atoms with Gasteiger partial charge in [0.15, 0.2) is 0 Å². The molecule has 3 aliphatic rings. The highest BCUT2D eigenvalue weighted by Gasteiger charge is 2.46. The van der Waals surface area contributed by atoms with Gasteiger partial charge in [0.1, 0.15) is 5.82 Å². The molecule has 2 aromatic rings. The summed E-state index contributed by atoms with van der Waals surface area (Å²) in [5.74, 6) is 1.17. The molecule has 0 radical (unpaired) electrons. The number of nitrogens with zero attached hydrogens (tertiary/aromatic N) is 5. The standard InChI is InChI=1S/C24H31N5O/c1-18-15-25-16-23(26-18)28-11-7-20(8-12-28)27-13-9-24(10-14-27)17-29(19(2)30)22-6-4-3-5-21(22)24/h3-6,15-16,20H,7-14,17H2,1-2H3. The van der Waals surface area contributed by atoms with E-state index in [-0.39, 0.29) is 11.3 Å². The first-order valence-corrected chi connectivity index (χ1v) is 11.2. The summed E-state index contributed by atoms with van der Waals surface area (Å²) >= 11 is 0. The smallest absolute Gasteiger partial charge is 0.223 e. The number of amides is 1. The Kier molecular flexibility index (Phi) is 4.97. The second-order valence-electron chi connectivity index (χ2n) is 9.18. The first-order chi connectivity index (χ1) is 14.6. The zero-order valence-electron chi connectivity index (χ0n) is 18.0. The maximum absolute atomic E-state index is 12.2. The van der Waals surface area contributed by atoms with Gasteiger partial charge in [0.05, 0.1) is 11.9 Å². The molecule has 0 saturated carbocycles. The molecule has 0 aliphatic carbocycles. The highest BCUT2D eigenvalue weighted by molar-refractivity contribution is 5.94. The van der Waals surface area contributed by atoms with Gasteiger partial charge in [-0.3, -0.25) is 9.78 Å². The Morgan fingerprint density at radius 2 is 1.80 bits per heavy atom. The van der Waals surface area contributed by atoms with Gasteiger partial charge < -0.3 is 14.7 Å². The summed E-state index contributed by atoms with van der Waals surface area (Å²) in [7, 11) is 0. The molecule has 1 amide bonds. The maximum atomic E-state index is 12.2. The van der Waals surface area contributed by atoms with Crippen LogP contribution in [-0.4, -0.2) is 59.5 Å². The van der Waals surface area contributed by atoms with E-state index in [4.69, 9.17) is 0 Å². The minimum Gasteiger partial charge on any atom is -0.355 e. The number of aromatic nitrogens is 2. The van der Waals surface area contributed by atoms with E-state index in [1.54, 1.807) is 6.92 Å². The average molecular weight is 406 g/mol. The van der Waals surface area contributed by atoms with E-state index < -0.39 is 0 Å². The Balaban J connectivity index is 1.23. The molecule has 6 nitrogen and oxygen atoms in total. The minimum absolute atomic E-state index is 0.136. The normalized spacial score (nSPS) is 21.8. The summed E-state index contributed by atoms with van der Waals surface area (Å²) in [6.45, 7) is 8.87. The van der Waals surface area contributed by atoms with Crippen molar-refractivity contribution >= 4 is 17.4 Å². The fourth-order valence-corrected chi connectivity index (χ4v) is 5.72. The van der Waals surface area contributed by atoms with Crippen LogP contribution < -0.4 is 9.80 Å². The van der Waals surface area contributed by atoms with Gasteiger partial charge in [-0.1, -0.05) is 18.2 Å². The predicted molar refractivity (Wildman–Crippen MR) is 119 cm³/mol. The molecular weight excluding hydrogens is 374 g/mol.